The minimum Gasteiger partial charge on any atom is -0.475 e. The van der Waals surface area contributed by atoms with E-state index < -0.39 is 12.1 Å². The molecule has 2 aliphatic heterocycles. The first-order chi connectivity index (χ1) is 9.21. The number of aliphatic carboxylic acids is 1. The molecule has 20 heavy (non-hydrogen) atoms. The number of carbonyl (C=O) groups excluding carboxylic acids is 1. The fourth-order valence-corrected chi connectivity index (χ4v) is 2.51. The summed E-state index contributed by atoms with van der Waals surface area (Å²) >= 11 is 0. The zero-order valence-corrected chi connectivity index (χ0v) is 11.2. The van der Waals surface area contributed by atoms with E-state index in [2.05, 4.69) is 17.6 Å². The van der Waals surface area contributed by atoms with Crippen molar-refractivity contribution in [2.75, 3.05) is 6.54 Å². The molecule has 0 aliphatic carbocycles. The van der Waals surface area contributed by atoms with Crippen LogP contribution in [0.2, 0.25) is 0 Å². The van der Waals surface area contributed by atoms with Crippen LogP contribution >= 0.6 is 0 Å². The monoisotopic (exact) mass is 296 g/mol. The Labute approximate surface area is 114 Å². The number of carboxylic acids is 1. The van der Waals surface area contributed by atoms with Crippen LogP contribution in [0.3, 0.4) is 0 Å². The number of rotatable bonds is 1. The molecule has 0 aromatic rings. The van der Waals surface area contributed by atoms with Crippen molar-refractivity contribution in [3.05, 3.63) is 0 Å². The Hall–Kier alpha value is -1.31. The number of carboxylic acid groups (broad SMARTS) is 1. The molecular formula is C12H19F3N2O3. The molecule has 116 valence electrons. The molecule has 0 unspecified atom stereocenters. The SMILES string of the molecule is CC[C@H]1CC[C@@]2(CCCNC2=O)N1.O=C(O)C(F)(F)F. The van der Waals surface area contributed by atoms with E-state index in [4.69, 9.17) is 9.90 Å². The van der Waals surface area contributed by atoms with Crippen molar-refractivity contribution < 1.29 is 27.9 Å². The lowest BCUT2D eigenvalue weighted by atomic mass is 9.88. The van der Waals surface area contributed by atoms with Crippen molar-refractivity contribution in [2.24, 2.45) is 0 Å². The number of hydrogen-bond donors (Lipinski definition) is 3. The number of amides is 1. The molecule has 2 atom stereocenters. The van der Waals surface area contributed by atoms with Gasteiger partial charge in [-0.05, 0) is 32.1 Å². The van der Waals surface area contributed by atoms with Crippen molar-refractivity contribution in [3.8, 4) is 0 Å². The molecule has 0 bridgehead atoms. The molecule has 2 aliphatic rings. The van der Waals surface area contributed by atoms with Crippen molar-refractivity contribution in [2.45, 2.75) is 56.8 Å². The van der Waals surface area contributed by atoms with Crippen molar-refractivity contribution in [1.82, 2.24) is 10.6 Å². The van der Waals surface area contributed by atoms with Gasteiger partial charge >= 0.3 is 12.1 Å². The van der Waals surface area contributed by atoms with Crippen molar-refractivity contribution >= 4 is 11.9 Å². The average molecular weight is 296 g/mol. The van der Waals surface area contributed by atoms with Crippen LogP contribution in [0, 0.1) is 0 Å². The minimum atomic E-state index is -5.08. The minimum absolute atomic E-state index is 0.196. The summed E-state index contributed by atoms with van der Waals surface area (Å²) < 4.78 is 31.7. The van der Waals surface area contributed by atoms with E-state index in [0.29, 0.717) is 6.04 Å². The summed E-state index contributed by atoms with van der Waals surface area (Å²) in [5.41, 5.74) is -0.196. The molecule has 5 nitrogen and oxygen atoms in total. The van der Waals surface area contributed by atoms with Gasteiger partial charge in [0.25, 0.3) is 0 Å². The predicted molar refractivity (Wildman–Crippen MR) is 65.1 cm³/mol. The molecule has 2 rings (SSSR count). The Morgan fingerprint density at radius 1 is 1.45 bits per heavy atom. The summed E-state index contributed by atoms with van der Waals surface area (Å²) in [7, 11) is 0. The zero-order chi connectivity index (χ0) is 15.4. The Morgan fingerprint density at radius 3 is 2.45 bits per heavy atom. The summed E-state index contributed by atoms with van der Waals surface area (Å²) in [5, 5.41) is 13.6. The van der Waals surface area contributed by atoms with Crippen LogP contribution in [-0.2, 0) is 9.59 Å². The molecule has 8 heteroatoms. The Bertz CT molecular complexity index is 373. The second-order valence-corrected chi connectivity index (χ2v) is 5.03. The molecule has 0 radical (unpaired) electrons. The molecule has 0 aromatic heterocycles. The van der Waals surface area contributed by atoms with E-state index in [9.17, 15) is 18.0 Å². The molecule has 1 amide bonds. The van der Waals surface area contributed by atoms with Crippen molar-refractivity contribution in [1.29, 1.82) is 0 Å². The third-order valence-electron chi connectivity index (χ3n) is 3.64. The first-order valence-corrected chi connectivity index (χ1v) is 6.57. The molecule has 2 saturated heterocycles. The molecule has 0 aromatic carbocycles. The van der Waals surface area contributed by atoms with Crippen LogP contribution in [0.1, 0.15) is 39.0 Å². The lowest BCUT2D eigenvalue weighted by molar-refractivity contribution is -0.192. The van der Waals surface area contributed by atoms with Crippen LogP contribution in [0.5, 0.6) is 0 Å². The van der Waals surface area contributed by atoms with Crippen LogP contribution in [-0.4, -0.2) is 41.3 Å². The number of piperidine rings is 1. The van der Waals surface area contributed by atoms with E-state index in [1.165, 1.54) is 0 Å². The largest absolute Gasteiger partial charge is 0.490 e. The molecule has 1 spiro atoms. The highest BCUT2D eigenvalue weighted by molar-refractivity contribution is 5.87. The fraction of sp³-hybridized carbons (Fsp3) is 0.833. The topological polar surface area (TPSA) is 78.4 Å². The normalized spacial score (nSPS) is 29.6. The zero-order valence-electron chi connectivity index (χ0n) is 11.2. The summed E-state index contributed by atoms with van der Waals surface area (Å²) in [6.45, 7) is 3.04. The van der Waals surface area contributed by atoms with Gasteiger partial charge in [0, 0.05) is 12.6 Å². The van der Waals surface area contributed by atoms with Gasteiger partial charge in [-0.1, -0.05) is 6.92 Å². The van der Waals surface area contributed by atoms with E-state index in [1.807, 2.05) is 0 Å². The number of carbonyl (C=O) groups is 2. The van der Waals surface area contributed by atoms with Gasteiger partial charge in [0.15, 0.2) is 0 Å². The summed E-state index contributed by atoms with van der Waals surface area (Å²) in [4.78, 5) is 20.6. The second-order valence-electron chi connectivity index (χ2n) is 5.03. The summed E-state index contributed by atoms with van der Waals surface area (Å²) in [5.74, 6) is -2.53. The molecule has 2 fully saturated rings. The second kappa shape index (κ2) is 6.43. The highest BCUT2D eigenvalue weighted by Gasteiger charge is 2.45. The third kappa shape index (κ3) is 4.09. The van der Waals surface area contributed by atoms with Gasteiger partial charge in [0.2, 0.25) is 5.91 Å². The van der Waals surface area contributed by atoms with Gasteiger partial charge in [-0.2, -0.15) is 13.2 Å². The fourth-order valence-electron chi connectivity index (χ4n) is 2.51. The number of nitrogens with one attached hydrogen (secondary N) is 2. The van der Waals surface area contributed by atoms with E-state index in [0.717, 1.165) is 38.6 Å². The van der Waals surface area contributed by atoms with Crippen LogP contribution in [0.4, 0.5) is 13.2 Å². The molecular weight excluding hydrogens is 277 g/mol. The van der Waals surface area contributed by atoms with Gasteiger partial charge in [-0.15, -0.1) is 0 Å². The first-order valence-electron chi connectivity index (χ1n) is 6.57. The average Bonchev–Trinajstić information content (AvgIpc) is 2.77. The third-order valence-corrected chi connectivity index (χ3v) is 3.64. The predicted octanol–water partition coefficient (Wildman–Crippen LogP) is 1.43. The molecule has 3 N–H and O–H groups in total. The number of alkyl halides is 3. The number of hydrogen-bond acceptors (Lipinski definition) is 3. The van der Waals surface area contributed by atoms with Crippen LogP contribution in [0.15, 0.2) is 0 Å². The van der Waals surface area contributed by atoms with Gasteiger partial charge in [-0.25, -0.2) is 4.79 Å². The lowest BCUT2D eigenvalue weighted by Gasteiger charge is -2.33. The maximum absolute atomic E-state index is 11.7. The quantitative estimate of drug-likeness (QED) is 0.684. The number of halogens is 3. The van der Waals surface area contributed by atoms with Gasteiger partial charge in [0.05, 0.1) is 5.54 Å². The van der Waals surface area contributed by atoms with Gasteiger partial charge in [0.1, 0.15) is 0 Å². The van der Waals surface area contributed by atoms with Crippen LogP contribution in [0.25, 0.3) is 0 Å². The standard InChI is InChI=1S/C10H18N2O.C2HF3O2/c1-2-8-4-6-10(12-8)5-3-7-11-9(10)13;3-2(4,5)1(6)7/h8,12H,2-7H2,1H3,(H,11,13);(H,6,7)/t8-,10+;/m0./s1. The maximum atomic E-state index is 11.7. The molecule has 0 saturated carbocycles. The highest BCUT2D eigenvalue weighted by Crippen LogP contribution is 2.31. The van der Waals surface area contributed by atoms with Crippen LogP contribution < -0.4 is 10.6 Å². The van der Waals surface area contributed by atoms with E-state index in [1.54, 1.807) is 0 Å². The highest BCUT2D eigenvalue weighted by atomic mass is 19.4. The van der Waals surface area contributed by atoms with Crippen molar-refractivity contribution in [3.63, 3.8) is 0 Å². The lowest BCUT2D eigenvalue weighted by Crippen LogP contribution is -2.58. The summed E-state index contributed by atoms with van der Waals surface area (Å²) in [6, 6.07) is 0.559. The first kappa shape index (κ1) is 16.7. The van der Waals surface area contributed by atoms with Gasteiger partial charge in [-0.3, -0.25) is 4.79 Å². The molecule has 2 heterocycles. The summed E-state index contributed by atoms with van der Waals surface area (Å²) in [6.07, 6.45) is 0.376. The smallest absolute Gasteiger partial charge is 0.475 e. The van der Waals surface area contributed by atoms with Gasteiger partial charge < -0.3 is 15.7 Å². The van der Waals surface area contributed by atoms with E-state index in [-0.39, 0.29) is 11.4 Å². The maximum Gasteiger partial charge on any atom is 0.490 e. The Morgan fingerprint density at radius 2 is 2.05 bits per heavy atom. The van der Waals surface area contributed by atoms with E-state index >= 15 is 0 Å². The Kier molecular flexibility index (Phi) is 5.38. The Balaban J connectivity index is 0.000000246.